The zero-order valence-corrected chi connectivity index (χ0v) is 10.4. The molecule has 1 fully saturated rings. The summed E-state index contributed by atoms with van der Waals surface area (Å²) in [7, 11) is 0. The van der Waals surface area contributed by atoms with Crippen LogP contribution in [0.3, 0.4) is 0 Å². The van der Waals surface area contributed by atoms with E-state index in [0.717, 1.165) is 30.7 Å². The third kappa shape index (κ3) is 1.71. The second-order valence-electron chi connectivity index (χ2n) is 4.56. The Morgan fingerprint density at radius 3 is 3.17 bits per heavy atom. The lowest BCUT2D eigenvalue weighted by molar-refractivity contribution is 0.539. The summed E-state index contributed by atoms with van der Waals surface area (Å²) in [6.07, 6.45) is 5.46. The zero-order valence-electron chi connectivity index (χ0n) is 10.4. The number of hydrogen-bond acceptors (Lipinski definition) is 4. The molecule has 5 heteroatoms. The van der Waals surface area contributed by atoms with Crippen molar-refractivity contribution in [2.24, 2.45) is 0 Å². The van der Waals surface area contributed by atoms with E-state index >= 15 is 0 Å². The second kappa shape index (κ2) is 4.49. The number of nitrogens with one attached hydrogen (secondary N) is 1. The van der Waals surface area contributed by atoms with Gasteiger partial charge in [-0.2, -0.15) is 0 Å². The Morgan fingerprint density at radius 1 is 1.56 bits per heavy atom. The van der Waals surface area contributed by atoms with Crippen LogP contribution in [-0.4, -0.2) is 21.1 Å². The van der Waals surface area contributed by atoms with Crippen LogP contribution in [0.4, 0.5) is 0 Å². The van der Waals surface area contributed by atoms with Gasteiger partial charge in [0.1, 0.15) is 5.82 Å². The summed E-state index contributed by atoms with van der Waals surface area (Å²) in [5, 5.41) is 4.00. The molecule has 0 spiro atoms. The maximum atomic E-state index is 12.4. The number of fused-ring (bicyclic) bond motifs is 1. The van der Waals surface area contributed by atoms with Crippen molar-refractivity contribution in [1.82, 2.24) is 19.9 Å². The first kappa shape index (κ1) is 11.3. The topological polar surface area (TPSA) is 59.8 Å². The Morgan fingerprint density at radius 2 is 2.44 bits per heavy atom. The van der Waals surface area contributed by atoms with E-state index in [4.69, 9.17) is 0 Å². The SMILES string of the molecule is CCn1c([C@H]2CCCN2)nc2ccncc2c1=O. The van der Waals surface area contributed by atoms with Crippen LogP contribution < -0.4 is 10.9 Å². The highest BCUT2D eigenvalue weighted by Gasteiger charge is 2.22. The van der Waals surface area contributed by atoms with Gasteiger partial charge >= 0.3 is 0 Å². The van der Waals surface area contributed by atoms with Crippen molar-refractivity contribution >= 4 is 10.9 Å². The van der Waals surface area contributed by atoms with E-state index in [1.807, 2.05) is 6.92 Å². The molecule has 0 saturated carbocycles. The van der Waals surface area contributed by atoms with Crippen LogP contribution in [-0.2, 0) is 6.54 Å². The summed E-state index contributed by atoms with van der Waals surface area (Å²) < 4.78 is 1.76. The largest absolute Gasteiger partial charge is 0.307 e. The van der Waals surface area contributed by atoms with Crippen molar-refractivity contribution in [1.29, 1.82) is 0 Å². The van der Waals surface area contributed by atoms with Crippen molar-refractivity contribution in [3.63, 3.8) is 0 Å². The Bertz CT molecular complexity index is 628. The maximum absolute atomic E-state index is 12.4. The highest BCUT2D eigenvalue weighted by atomic mass is 16.1. The Balaban J connectivity index is 2.26. The lowest BCUT2D eigenvalue weighted by Crippen LogP contribution is -2.29. The molecule has 1 N–H and O–H groups in total. The zero-order chi connectivity index (χ0) is 12.5. The molecule has 0 unspecified atom stereocenters. The van der Waals surface area contributed by atoms with Gasteiger partial charge in [-0.15, -0.1) is 0 Å². The molecule has 2 aromatic heterocycles. The van der Waals surface area contributed by atoms with Gasteiger partial charge in [-0.3, -0.25) is 14.3 Å². The molecular weight excluding hydrogens is 228 g/mol. The molecule has 1 aliphatic rings. The van der Waals surface area contributed by atoms with E-state index in [1.165, 1.54) is 0 Å². The minimum Gasteiger partial charge on any atom is -0.307 e. The summed E-state index contributed by atoms with van der Waals surface area (Å²) in [5.41, 5.74) is 0.753. The lowest BCUT2D eigenvalue weighted by Gasteiger charge is -2.16. The van der Waals surface area contributed by atoms with Gasteiger partial charge in [0.25, 0.3) is 5.56 Å². The summed E-state index contributed by atoms with van der Waals surface area (Å²) in [6.45, 7) is 3.62. The van der Waals surface area contributed by atoms with Gasteiger partial charge in [0.15, 0.2) is 0 Å². The lowest BCUT2D eigenvalue weighted by atomic mass is 10.2. The number of aromatic nitrogens is 3. The summed E-state index contributed by atoms with van der Waals surface area (Å²) in [5.74, 6) is 0.860. The summed E-state index contributed by atoms with van der Waals surface area (Å²) in [6, 6.07) is 2.00. The van der Waals surface area contributed by atoms with Gasteiger partial charge in [0, 0.05) is 18.9 Å². The molecular formula is C13H16N4O. The van der Waals surface area contributed by atoms with Crippen LogP contribution in [0.5, 0.6) is 0 Å². The molecule has 1 saturated heterocycles. The Labute approximate surface area is 105 Å². The minimum atomic E-state index is 0.0132. The van der Waals surface area contributed by atoms with E-state index in [-0.39, 0.29) is 11.6 Å². The Hall–Kier alpha value is -1.75. The third-order valence-electron chi connectivity index (χ3n) is 3.47. The molecule has 94 valence electrons. The fraction of sp³-hybridized carbons (Fsp3) is 0.462. The molecule has 0 radical (unpaired) electrons. The van der Waals surface area contributed by atoms with Crippen LogP contribution in [0.2, 0.25) is 0 Å². The van der Waals surface area contributed by atoms with Crippen molar-refractivity contribution in [3.8, 4) is 0 Å². The first-order valence-electron chi connectivity index (χ1n) is 6.39. The van der Waals surface area contributed by atoms with Crippen LogP contribution in [0.1, 0.15) is 31.6 Å². The highest BCUT2D eigenvalue weighted by molar-refractivity contribution is 5.76. The molecule has 0 aliphatic carbocycles. The fourth-order valence-corrected chi connectivity index (χ4v) is 2.56. The molecule has 0 bridgehead atoms. The molecule has 1 atom stereocenters. The van der Waals surface area contributed by atoms with E-state index in [2.05, 4.69) is 15.3 Å². The number of rotatable bonds is 2. The molecule has 5 nitrogen and oxygen atoms in total. The van der Waals surface area contributed by atoms with Gasteiger partial charge in [0.2, 0.25) is 0 Å². The van der Waals surface area contributed by atoms with E-state index in [1.54, 1.807) is 23.0 Å². The van der Waals surface area contributed by atoms with Gasteiger partial charge in [-0.25, -0.2) is 4.98 Å². The molecule has 3 rings (SSSR count). The molecule has 0 amide bonds. The number of hydrogen-bond donors (Lipinski definition) is 1. The smallest absolute Gasteiger partial charge is 0.262 e. The van der Waals surface area contributed by atoms with E-state index < -0.39 is 0 Å². The fourth-order valence-electron chi connectivity index (χ4n) is 2.56. The van der Waals surface area contributed by atoms with Crippen molar-refractivity contribution < 1.29 is 0 Å². The summed E-state index contributed by atoms with van der Waals surface area (Å²) in [4.78, 5) is 21.0. The average molecular weight is 244 g/mol. The number of nitrogens with zero attached hydrogens (tertiary/aromatic N) is 3. The van der Waals surface area contributed by atoms with Crippen molar-refractivity contribution in [2.75, 3.05) is 6.54 Å². The first-order valence-corrected chi connectivity index (χ1v) is 6.39. The van der Waals surface area contributed by atoms with Gasteiger partial charge in [-0.05, 0) is 32.4 Å². The predicted molar refractivity (Wildman–Crippen MR) is 69.4 cm³/mol. The van der Waals surface area contributed by atoms with Gasteiger partial charge in [0.05, 0.1) is 16.9 Å². The van der Waals surface area contributed by atoms with Crippen LogP contribution in [0.15, 0.2) is 23.3 Å². The van der Waals surface area contributed by atoms with E-state index in [0.29, 0.717) is 11.9 Å². The normalized spacial score (nSPS) is 19.5. The maximum Gasteiger partial charge on any atom is 0.262 e. The molecule has 1 aliphatic heterocycles. The molecule has 18 heavy (non-hydrogen) atoms. The van der Waals surface area contributed by atoms with Gasteiger partial charge < -0.3 is 5.32 Å². The predicted octanol–water partition coefficient (Wildman–Crippen LogP) is 1.24. The average Bonchev–Trinajstić information content (AvgIpc) is 2.92. The van der Waals surface area contributed by atoms with Crippen LogP contribution in [0, 0.1) is 0 Å². The van der Waals surface area contributed by atoms with Gasteiger partial charge in [-0.1, -0.05) is 0 Å². The molecule has 0 aromatic carbocycles. The Kier molecular flexibility index (Phi) is 2.83. The first-order chi connectivity index (χ1) is 8.81. The highest BCUT2D eigenvalue weighted by Crippen LogP contribution is 2.21. The summed E-state index contributed by atoms with van der Waals surface area (Å²) >= 11 is 0. The van der Waals surface area contributed by atoms with Crippen LogP contribution in [0.25, 0.3) is 10.9 Å². The standard InChI is InChI=1S/C13H16N4O/c1-2-17-12(11-4-3-6-15-11)16-10-5-7-14-8-9(10)13(17)18/h5,7-8,11,15H,2-4,6H2,1H3/t11-/m1/s1. The van der Waals surface area contributed by atoms with Crippen molar-refractivity contribution in [3.05, 3.63) is 34.6 Å². The van der Waals surface area contributed by atoms with Crippen LogP contribution >= 0.6 is 0 Å². The number of pyridine rings is 1. The quantitative estimate of drug-likeness (QED) is 0.863. The van der Waals surface area contributed by atoms with Crippen molar-refractivity contribution in [2.45, 2.75) is 32.4 Å². The molecule has 3 heterocycles. The second-order valence-corrected chi connectivity index (χ2v) is 4.56. The van der Waals surface area contributed by atoms with E-state index in [9.17, 15) is 4.79 Å². The minimum absolute atomic E-state index is 0.0132. The monoisotopic (exact) mass is 244 g/mol. The third-order valence-corrected chi connectivity index (χ3v) is 3.47. The molecule has 2 aromatic rings.